The second kappa shape index (κ2) is 44.5. The standard InChI is InChI=1S/2C19H34O8.C18H23F3O6.2C15H28O5/c2*1-9-16(2,3)13(20)25-10-19(8,11-26-14(21)17(4,5)23)12-27-15(22)18(6,7)24;1-5-17(3,4)16(24)27-13-9-6-8-11(15(23)26-12(8)13)10(9)14(22)25-7(2)18(19,20)21;2*1-8-14(4,5)11(16)19-9-13(2,3)10-20-12(17)15(6,7)18/h2*23-24H,9-12H2,1-8H3;7-13H,5-6H2,1-4H3;2*18H,8-10H2,1-7H3. The van der Waals surface area contributed by atoms with Gasteiger partial charge in [0.15, 0.2) is 39.7 Å². The summed E-state index contributed by atoms with van der Waals surface area (Å²) >= 11 is 0. The lowest BCUT2D eigenvalue weighted by Gasteiger charge is -2.33. The van der Waals surface area contributed by atoms with Crippen LogP contribution in [0.25, 0.3) is 0 Å². The van der Waals surface area contributed by atoms with Crippen molar-refractivity contribution in [3.63, 3.8) is 0 Å². The van der Waals surface area contributed by atoms with Crippen molar-refractivity contribution in [2.75, 3.05) is 66.1 Å². The van der Waals surface area contributed by atoms with Gasteiger partial charge in [-0.2, -0.15) is 13.2 Å². The molecular weight excluding hydrogens is 1600 g/mol. The van der Waals surface area contributed by atoms with Crippen molar-refractivity contribution in [1.29, 1.82) is 0 Å². The van der Waals surface area contributed by atoms with Crippen molar-refractivity contribution in [2.45, 2.75) is 332 Å². The van der Waals surface area contributed by atoms with Crippen molar-refractivity contribution >= 4 is 77.6 Å². The molecule has 1 saturated heterocycles. The van der Waals surface area contributed by atoms with Crippen LogP contribution in [0.3, 0.4) is 0 Å². The van der Waals surface area contributed by atoms with E-state index in [9.17, 15) is 106 Å². The van der Waals surface area contributed by atoms with Crippen LogP contribution in [0.5, 0.6) is 0 Å². The number of hydrogen-bond donors (Lipinski definition) is 6. The number of halogens is 3. The van der Waals surface area contributed by atoms with Crippen molar-refractivity contribution in [3.05, 3.63) is 0 Å². The van der Waals surface area contributed by atoms with Gasteiger partial charge in [-0.3, -0.25) is 33.6 Å². The first kappa shape index (κ1) is 116. The summed E-state index contributed by atoms with van der Waals surface area (Å²) < 4.78 is 105. The van der Waals surface area contributed by atoms with E-state index in [1.54, 1.807) is 55.4 Å². The minimum absolute atomic E-state index is 0.0790. The SMILES string of the molecule is CCC(C)(C)C(=O)OC1C2CC3C1OC(=O)C3C2C(=O)OC(C)C(F)(F)F.CCC(C)(C)C(=O)OCC(C)(C)COC(=O)C(C)(C)O.CCC(C)(C)C(=O)OCC(C)(C)COC(=O)C(C)(C)O.CCC(C)(C)C(=O)OCC(C)(COC(=O)C(C)(C)O)COC(=O)C(C)(C)O.CCC(C)(C)C(=O)OCC(C)(COC(=O)C(C)(C)O)COC(=O)C(C)(C)O. The summed E-state index contributed by atoms with van der Waals surface area (Å²) in [5.41, 5.74) is -16.1. The summed E-state index contributed by atoms with van der Waals surface area (Å²) in [7, 11) is 0. The van der Waals surface area contributed by atoms with Gasteiger partial charge >= 0.3 is 83.8 Å². The van der Waals surface area contributed by atoms with Gasteiger partial charge < -0.3 is 92.2 Å². The molecule has 35 heteroatoms. The molecule has 0 aromatic rings. The lowest BCUT2D eigenvalue weighted by molar-refractivity contribution is -0.220. The largest absolute Gasteiger partial charge is 0.465 e. The monoisotopic (exact) mass is 1750 g/mol. The van der Waals surface area contributed by atoms with E-state index >= 15 is 0 Å². The minimum atomic E-state index is -4.69. The summed E-state index contributed by atoms with van der Waals surface area (Å²) in [6.07, 6.45) is -5.02. The Morgan fingerprint density at radius 1 is 0.339 bits per heavy atom. The van der Waals surface area contributed by atoms with Crippen molar-refractivity contribution in [2.24, 2.45) is 72.4 Å². The fourth-order valence-corrected chi connectivity index (χ4v) is 9.45. The van der Waals surface area contributed by atoms with Gasteiger partial charge in [-0.25, -0.2) is 28.8 Å². The summed E-state index contributed by atoms with van der Waals surface area (Å²) in [5.74, 6) is -11.3. The Bertz CT molecular complexity index is 3240. The first-order valence-electron chi connectivity index (χ1n) is 40.7. The molecule has 32 nitrogen and oxygen atoms in total. The fraction of sp³-hybridized carbons (Fsp3) is 0.849. The maximum atomic E-state index is 12.7. The summed E-state index contributed by atoms with van der Waals surface area (Å²) in [5, 5.41) is 57.7. The maximum Gasteiger partial charge on any atom is 0.425 e. The zero-order chi connectivity index (χ0) is 96.1. The van der Waals surface area contributed by atoms with Gasteiger partial charge in [-0.05, 0) is 212 Å². The van der Waals surface area contributed by atoms with Crippen LogP contribution < -0.4 is 0 Å². The third-order valence-corrected chi connectivity index (χ3v) is 20.7. The molecule has 704 valence electrons. The van der Waals surface area contributed by atoms with Crippen molar-refractivity contribution in [3.8, 4) is 0 Å². The summed E-state index contributed by atoms with van der Waals surface area (Å²) in [6.45, 7) is 53.2. The lowest BCUT2D eigenvalue weighted by atomic mass is 9.78. The van der Waals surface area contributed by atoms with E-state index in [-0.39, 0.29) is 83.9 Å². The highest BCUT2D eigenvalue weighted by atomic mass is 19.4. The van der Waals surface area contributed by atoms with Crippen LogP contribution in [0.1, 0.15) is 274 Å². The highest BCUT2D eigenvalue weighted by Gasteiger charge is 2.71. The predicted octanol–water partition coefficient (Wildman–Crippen LogP) is 10.4. The number of fused-ring (bicyclic) bond motifs is 1. The first-order chi connectivity index (χ1) is 53.9. The summed E-state index contributed by atoms with van der Waals surface area (Å²) in [6, 6.07) is 0. The second-order valence-electron chi connectivity index (χ2n) is 40.3. The Labute approximate surface area is 713 Å². The van der Waals surface area contributed by atoms with Crippen LogP contribution in [0.2, 0.25) is 0 Å². The molecule has 7 unspecified atom stereocenters. The van der Waals surface area contributed by atoms with Gasteiger partial charge in [0.25, 0.3) is 0 Å². The Morgan fingerprint density at radius 2 is 0.545 bits per heavy atom. The highest BCUT2D eigenvalue weighted by molar-refractivity contribution is 5.87. The van der Waals surface area contributed by atoms with E-state index in [4.69, 9.17) is 56.8 Å². The van der Waals surface area contributed by atoms with Crippen molar-refractivity contribution in [1.82, 2.24) is 0 Å². The van der Waals surface area contributed by atoms with Crippen molar-refractivity contribution < 1.29 is 168 Å². The normalized spacial score (nSPS) is 18.1. The number of rotatable bonds is 39. The third-order valence-electron chi connectivity index (χ3n) is 20.7. The Balaban J connectivity index is 0. The molecule has 0 radical (unpaired) electrons. The third kappa shape index (κ3) is 39.2. The van der Waals surface area contributed by atoms with E-state index < -0.39 is 190 Å². The van der Waals surface area contributed by atoms with Gasteiger partial charge in [0.2, 0.25) is 0 Å². The molecule has 3 aliphatic rings. The molecule has 121 heavy (non-hydrogen) atoms. The topological polar surface area (TPSA) is 463 Å². The zero-order valence-electron chi connectivity index (χ0n) is 78.3. The van der Waals surface area contributed by atoms with E-state index in [0.29, 0.717) is 38.5 Å². The predicted molar refractivity (Wildman–Crippen MR) is 431 cm³/mol. The molecule has 2 bridgehead atoms. The molecule has 2 aliphatic carbocycles. The van der Waals surface area contributed by atoms with Crippen LogP contribution >= 0.6 is 0 Å². The molecular formula is C86H147F3O32. The molecule has 6 N–H and O–H groups in total. The number of carbonyl (C=O) groups excluding carboxylic acids is 13. The maximum absolute atomic E-state index is 12.7. The Kier molecular flexibility index (Phi) is 42.6. The summed E-state index contributed by atoms with van der Waals surface area (Å²) in [4.78, 5) is 155. The molecule has 0 amide bonds. The number of aliphatic hydroxyl groups is 6. The molecule has 0 aromatic heterocycles. The minimum Gasteiger partial charge on any atom is -0.465 e. The van der Waals surface area contributed by atoms with E-state index in [1.807, 2.05) is 90.0 Å². The smallest absolute Gasteiger partial charge is 0.425 e. The van der Waals surface area contributed by atoms with Crippen LogP contribution in [-0.2, 0) is 124 Å². The van der Waals surface area contributed by atoms with Gasteiger partial charge in [0, 0.05) is 22.7 Å². The molecule has 1 aliphatic heterocycles. The number of carbonyl (C=O) groups is 13. The second-order valence-corrected chi connectivity index (χ2v) is 40.3. The van der Waals surface area contributed by atoms with Crippen LogP contribution in [0.4, 0.5) is 13.2 Å². The molecule has 3 rings (SSSR count). The van der Waals surface area contributed by atoms with Gasteiger partial charge in [0.1, 0.15) is 51.8 Å². The molecule has 3 fully saturated rings. The van der Waals surface area contributed by atoms with E-state index in [0.717, 1.165) is 6.92 Å². The van der Waals surface area contributed by atoms with Crippen LogP contribution in [0, 0.1) is 72.4 Å². The average Bonchev–Trinajstić information content (AvgIpc) is 1.54. The van der Waals surface area contributed by atoms with E-state index in [1.165, 1.54) is 83.1 Å². The van der Waals surface area contributed by atoms with Gasteiger partial charge in [-0.15, -0.1) is 0 Å². The Hall–Kier alpha value is -7.34. The number of hydrogen-bond acceptors (Lipinski definition) is 32. The van der Waals surface area contributed by atoms with Crippen LogP contribution in [0.15, 0.2) is 0 Å². The lowest BCUT2D eigenvalue weighted by Crippen LogP contribution is -2.46. The average molecular weight is 1750 g/mol. The number of esters is 13. The molecule has 7 atom stereocenters. The van der Waals surface area contributed by atoms with Gasteiger partial charge in [0.05, 0.1) is 76.2 Å². The first-order valence-corrected chi connectivity index (χ1v) is 40.7. The quantitative estimate of drug-likeness (QED) is 0.0246. The molecule has 0 aromatic carbocycles. The van der Waals surface area contributed by atoms with Crippen LogP contribution in [-0.4, -0.2) is 232 Å². The Morgan fingerprint density at radius 3 is 0.760 bits per heavy atom. The molecule has 1 heterocycles. The zero-order valence-corrected chi connectivity index (χ0v) is 78.3. The number of ether oxygens (including phenoxy) is 13. The molecule has 2 saturated carbocycles. The molecule has 0 spiro atoms. The number of alkyl halides is 3. The van der Waals surface area contributed by atoms with E-state index in [2.05, 4.69) is 4.74 Å². The fourth-order valence-electron chi connectivity index (χ4n) is 9.45. The van der Waals surface area contributed by atoms with Gasteiger partial charge in [-0.1, -0.05) is 62.3 Å². The highest BCUT2D eigenvalue weighted by Crippen LogP contribution is 2.59.